The molecular weight excluding hydrogens is 368 g/mol. The molecule has 0 saturated carbocycles. The molecule has 0 aromatic carbocycles. The lowest BCUT2D eigenvalue weighted by Gasteiger charge is -2.44. The number of urea groups is 1. The molecule has 5 aliphatic heterocycles. The summed E-state index contributed by atoms with van der Waals surface area (Å²) >= 11 is 0. The predicted octanol–water partition coefficient (Wildman–Crippen LogP) is -0.869. The number of hydroxylamine groups is 3. The zero-order valence-electron chi connectivity index (χ0n) is 14.1. The molecule has 5 saturated heterocycles. The van der Waals surface area contributed by atoms with Crippen LogP contribution in [0.15, 0.2) is 0 Å². The van der Waals surface area contributed by atoms with Crippen LogP contribution in [0.4, 0.5) is 4.79 Å². The zero-order chi connectivity index (χ0) is 18.5. The van der Waals surface area contributed by atoms with E-state index in [4.69, 9.17) is 9.39 Å². The summed E-state index contributed by atoms with van der Waals surface area (Å²) in [7, 11) is -4.80. The van der Waals surface area contributed by atoms with Gasteiger partial charge in [0.05, 0.1) is 6.04 Å². The molecule has 1 unspecified atom stereocenters. The normalized spacial score (nSPS) is 36.5. The largest absolute Gasteiger partial charge is 0.418 e. The number of nitrogens with one attached hydrogen (secondary N) is 1. The summed E-state index contributed by atoms with van der Waals surface area (Å²) in [6, 6.07) is -2.03. The maximum atomic E-state index is 12.5. The first-order valence-electron chi connectivity index (χ1n) is 8.76. The van der Waals surface area contributed by atoms with Crippen molar-refractivity contribution in [2.24, 2.45) is 5.92 Å². The molecule has 0 aromatic rings. The van der Waals surface area contributed by atoms with Crippen LogP contribution in [0.3, 0.4) is 0 Å². The summed E-state index contributed by atoms with van der Waals surface area (Å²) in [5, 5.41) is 0.622. The van der Waals surface area contributed by atoms with E-state index in [2.05, 4.69) is 14.7 Å². The first kappa shape index (κ1) is 17.9. The van der Waals surface area contributed by atoms with Crippen molar-refractivity contribution in [2.45, 2.75) is 43.9 Å². The first-order chi connectivity index (χ1) is 12.3. The van der Waals surface area contributed by atoms with Crippen molar-refractivity contribution >= 4 is 22.3 Å². The topological polar surface area (TPSA) is 129 Å². The van der Waals surface area contributed by atoms with Gasteiger partial charge in [-0.15, -0.1) is 4.28 Å². The second kappa shape index (κ2) is 6.60. The third-order valence-electron chi connectivity index (χ3n) is 5.71. The molecule has 5 heterocycles. The van der Waals surface area contributed by atoms with E-state index in [1.807, 2.05) is 0 Å². The number of amides is 3. The third kappa shape index (κ3) is 3.39. The summed E-state index contributed by atoms with van der Waals surface area (Å²) < 4.78 is 34.9. The molecule has 5 fully saturated rings. The molecule has 5 rings (SSSR count). The van der Waals surface area contributed by atoms with Crippen LogP contribution in [0.5, 0.6) is 0 Å². The summed E-state index contributed by atoms with van der Waals surface area (Å²) in [5.74, 6) is 0.00468. The van der Waals surface area contributed by atoms with Crippen molar-refractivity contribution in [1.82, 2.24) is 20.3 Å². The van der Waals surface area contributed by atoms with Gasteiger partial charge in [0.1, 0.15) is 12.1 Å². The van der Waals surface area contributed by atoms with E-state index >= 15 is 0 Å². The molecule has 0 radical (unpaired) electrons. The van der Waals surface area contributed by atoms with Crippen molar-refractivity contribution in [2.75, 3.05) is 26.2 Å². The standard InChI is InChI=1S/C14H22N4O7S/c19-13(15-24-12-8-16-5-3-9(12)4-6-16)11-2-1-10-7-17(11)14(20)18(10)25-26(21,22)23/h9-12H,1-8H2,(H,15,19)(H,21,22,23)/t10-,11+,12?/m1/s1. The number of carbonyl (C=O) groups is 2. The highest BCUT2D eigenvalue weighted by atomic mass is 32.3. The highest BCUT2D eigenvalue weighted by molar-refractivity contribution is 7.80. The van der Waals surface area contributed by atoms with E-state index in [0.29, 0.717) is 23.8 Å². The van der Waals surface area contributed by atoms with Crippen LogP contribution >= 0.6 is 0 Å². The minimum absolute atomic E-state index is 0.0496. The number of nitrogens with zero attached hydrogens (tertiary/aromatic N) is 3. The van der Waals surface area contributed by atoms with Gasteiger partial charge in [-0.2, -0.15) is 13.5 Å². The van der Waals surface area contributed by atoms with Gasteiger partial charge >= 0.3 is 16.4 Å². The molecule has 12 heteroatoms. The molecule has 0 aliphatic carbocycles. The third-order valence-corrected chi connectivity index (χ3v) is 6.06. The molecule has 146 valence electrons. The average Bonchev–Trinajstić information content (AvgIpc) is 2.84. The van der Waals surface area contributed by atoms with Gasteiger partial charge in [0.2, 0.25) is 0 Å². The highest BCUT2D eigenvalue weighted by Crippen LogP contribution is 2.31. The summed E-state index contributed by atoms with van der Waals surface area (Å²) in [4.78, 5) is 34.0. The Morgan fingerprint density at radius 1 is 1.15 bits per heavy atom. The van der Waals surface area contributed by atoms with Crippen LogP contribution < -0.4 is 5.48 Å². The van der Waals surface area contributed by atoms with Crippen LogP contribution in [-0.2, 0) is 24.3 Å². The fourth-order valence-electron chi connectivity index (χ4n) is 4.35. The van der Waals surface area contributed by atoms with Crippen molar-refractivity contribution in [3.63, 3.8) is 0 Å². The minimum atomic E-state index is -4.80. The van der Waals surface area contributed by atoms with Crippen LogP contribution in [-0.4, -0.2) is 84.1 Å². The zero-order valence-corrected chi connectivity index (χ0v) is 14.9. The molecule has 4 bridgehead atoms. The molecule has 0 spiro atoms. The second-order valence-electron chi connectivity index (χ2n) is 7.27. The molecule has 5 aliphatic rings. The number of carbonyl (C=O) groups excluding carboxylic acids is 2. The highest BCUT2D eigenvalue weighted by Gasteiger charge is 2.49. The lowest BCUT2D eigenvalue weighted by Crippen LogP contribution is -2.55. The lowest BCUT2D eigenvalue weighted by molar-refractivity contribution is -0.155. The molecule has 3 atom stereocenters. The number of fused-ring (bicyclic) bond motifs is 5. The Balaban J connectivity index is 1.35. The Morgan fingerprint density at radius 2 is 1.88 bits per heavy atom. The van der Waals surface area contributed by atoms with Crippen molar-refractivity contribution in [1.29, 1.82) is 0 Å². The molecule has 26 heavy (non-hydrogen) atoms. The van der Waals surface area contributed by atoms with E-state index in [0.717, 1.165) is 32.5 Å². The fourth-order valence-corrected chi connectivity index (χ4v) is 4.74. The smallest absolute Gasteiger partial charge is 0.309 e. The van der Waals surface area contributed by atoms with Gasteiger partial charge < -0.3 is 9.80 Å². The van der Waals surface area contributed by atoms with E-state index in [-0.39, 0.29) is 12.6 Å². The van der Waals surface area contributed by atoms with E-state index in [1.54, 1.807) is 0 Å². The van der Waals surface area contributed by atoms with Crippen LogP contribution in [0.1, 0.15) is 25.7 Å². The Morgan fingerprint density at radius 3 is 2.50 bits per heavy atom. The average molecular weight is 390 g/mol. The predicted molar refractivity (Wildman–Crippen MR) is 85.6 cm³/mol. The minimum Gasteiger partial charge on any atom is -0.309 e. The van der Waals surface area contributed by atoms with E-state index < -0.39 is 34.4 Å². The maximum Gasteiger partial charge on any atom is 0.418 e. The molecule has 11 nitrogen and oxygen atoms in total. The van der Waals surface area contributed by atoms with Gasteiger partial charge in [-0.25, -0.2) is 10.3 Å². The van der Waals surface area contributed by atoms with Crippen molar-refractivity contribution < 1.29 is 31.7 Å². The van der Waals surface area contributed by atoms with Crippen molar-refractivity contribution in [3.8, 4) is 0 Å². The number of piperidine rings is 4. The number of rotatable bonds is 5. The van der Waals surface area contributed by atoms with Gasteiger partial charge in [0, 0.05) is 13.1 Å². The molecule has 2 N–H and O–H groups in total. The lowest BCUT2D eigenvalue weighted by atomic mass is 9.86. The number of hydrogen-bond donors (Lipinski definition) is 2. The van der Waals surface area contributed by atoms with Gasteiger partial charge in [0.25, 0.3) is 5.91 Å². The van der Waals surface area contributed by atoms with E-state index in [9.17, 15) is 18.0 Å². The molecule has 3 amide bonds. The van der Waals surface area contributed by atoms with Gasteiger partial charge in [0.15, 0.2) is 0 Å². The summed E-state index contributed by atoms with van der Waals surface area (Å²) in [6.07, 6.45) is 2.80. The SMILES string of the molecule is O=C(NOC1CN2CCC1CC2)[C@@H]1CC[C@@H]2CN1C(=O)N2OS(=O)(=O)O. The Kier molecular flexibility index (Phi) is 4.55. The monoisotopic (exact) mass is 390 g/mol. The maximum absolute atomic E-state index is 12.5. The van der Waals surface area contributed by atoms with Crippen LogP contribution in [0, 0.1) is 5.92 Å². The Bertz CT molecular complexity index is 693. The second-order valence-corrected chi connectivity index (χ2v) is 8.28. The van der Waals surface area contributed by atoms with Gasteiger partial charge in [-0.1, -0.05) is 0 Å². The molecule has 0 aromatic heterocycles. The quantitative estimate of drug-likeness (QED) is 0.458. The van der Waals surface area contributed by atoms with Crippen LogP contribution in [0.25, 0.3) is 0 Å². The molecular formula is C14H22N4O7S. The number of hydrogen-bond acceptors (Lipinski definition) is 7. The van der Waals surface area contributed by atoms with Crippen molar-refractivity contribution in [3.05, 3.63) is 0 Å². The fraction of sp³-hybridized carbons (Fsp3) is 0.857. The van der Waals surface area contributed by atoms with Gasteiger partial charge in [-0.05, 0) is 44.7 Å². The van der Waals surface area contributed by atoms with Gasteiger partial charge in [-0.3, -0.25) is 14.2 Å². The Labute approximate surface area is 151 Å². The first-order valence-corrected chi connectivity index (χ1v) is 10.1. The summed E-state index contributed by atoms with van der Waals surface area (Å²) in [5.41, 5.74) is 2.49. The Hall–Kier alpha value is -1.47. The van der Waals surface area contributed by atoms with Crippen LogP contribution in [0.2, 0.25) is 0 Å². The summed E-state index contributed by atoms with van der Waals surface area (Å²) in [6.45, 7) is 3.07. The van der Waals surface area contributed by atoms with E-state index in [1.165, 1.54) is 4.90 Å².